The van der Waals surface area contributed by atoms with Gasteiger partial charge in [-0.15, -0.1) is 0 Å². The molecule has 3 N–H and O–H groups in total. The van der Waals surface area contributed by atoms with Gasteiger partial charge >= 0.3 is 0 Å². The maximum atomic E-state index is 12.0. The molecule has 0 spiro atoms. The Hall–Kier alpha value is -2.08. The van der Waals surface area contributed by atoms with E-state index in [2.05, 4.69) is 22.3 Å². The van der Waals surface area contributed by atoms with E-state index < -0.39 is 0 Å². The van der Waals surface area contributed by atoms with Crippen LogP contribution < -0.4 is 16.0 Å². The number of carbonyl (C=O) groups excluding carboxylic acids is 2. The predicted molar refractivity (Wildman–Crippen MR) is 81.9 cm³/mol. The molecule has 6 heteroatoms. The van der Waals surface area contributed by atoms with Gasteiger partial charge in [-0.1, -0.05) is 18.2 Å². The van der Waals surface area contributed by atoms with Crippen LogP contribution in [0.1, 0.15) is 6.42 Å². The van der Waals surface area contributed by atoms with Crippen LogP contribution in [0.4, 0.5) is 5.69 Å². The summed E-state index contributed by atoms with van der Waals surface area (Å²) in [7, 11) is 0. The molecule has 1 aliphatic rings. The van der Waals surface area contributed by atoms with E-state index in [-0.39, 0.29) is 18.4 Å². The fraction of sp³-hybridized carbons (Fsp3) is 0.467. The normalized spacial score (nSPS) is 14.9. The lowest BCUT2D eigenvalue weighted by Gasteiger charge is -2.36. The number of nitrogens with two attached hydrogens (primary N) is 1. The van der Waals surface area contributed by atoms with E-state index in [1.165, 1.54) is 5.69 Å². The smallest absolute Gasteiger partial charge is 0.233 e. The van der Waals surface area contributed by atoms with Gasteiger partial charge in [0.25, 0.3) is 0 Å². The molecular weight excluding hydrogens is 268 g/mol. The van der Waals surface area contributed by atoms with Crippen LogP contribution in [-0.2, 0) is 9.59 Å². The Balaban J connectivity index is 1.73. The number of anilines is 1. The van der Waals surface area contributed by atoms with Crippen molar-refractivity contribution in [2.75, 3.05) is 44.2 Å². The van der Waals surface area contributed by atoms with Crippen molar-refractivity contribution in [1.29, 1.82) is 0 Å². The van der Waals surface area contributed by atoms with Crippen molar-refractivity contribution >= 4 is 17.5 Å². The van der Waals surface area contributed by atoms with E-state index >= 15 is 0 Å². The van der Waals surface area contributed by atoms with Gasteiger partial charge in [0.05, 0.1) is 6.54 Å². The van der Waals surface area contributed by atoms with Gasteiger partial charge in [-0.25, -0.2) is 0 Å². The number of rotatable bonds is 5. The SMILES string of the molecule is NCC(=O)NCCC(=O)N1CCN(c2ccccc2)CC1. The number of hydrogen-bond acceptors (Lipinski definition) is 4. The van der Waals surface area contributed by atoms with Gasteiger partial charge in [0.1, 0.15) is 0 Å². The molecule has 0 bridgehead atoms. The van der Waals surface area contributed by atoms with Crippen molar-refractivity contribution in [3.05, 3.63) is 30.3 Å². The molecule has 1 aliphatic heterocycles. The summed E-state index contributed by atoms with van der Waals surface area (Å²) in [6.45, 7) is 3.44. The first-order chi connectivity index (χ1) is 10.2. The minimum Gasteiger partial charge on any atom is -0.368 e. The molecule has 114 valence electrons. The van der Waals surface area contributed by atoms with Crippen LogP contribution in [0, 0.1) is 0 Å². The Labute approximate surface area is 124 Å². The summed E-state index contributed by atoms with van der Waals surface area (Å²) in [5.74, 6) is -0.142. The standard InChI is InChI=1S/C15H22N4O2/c16-12-14(20)17-7-6-15(21)19-10-8-18(9-11-19)13-4-2-1-3-5-13/h1-5H,6-12,16H2,(H,17,20). The van der Waals surface area contributed by atoms with Crippen LogP contribution in [0.3, 0.4) is 0 Å². The Kier molecular flexibility index (Phi) is 5.57. The van der Waals surface area contributed by atoms with Crippen LogP contribution in [-0.4, -0.2) is 56.0 Å². The first-order valence-electron chi connectivity index (χ1n) is 7.25. The molecule has 0 aliphatic carbocycles. The molecule has 2 rings (SSSR count). The van der Waals surface area contributed by atoms with Gasteiger partial charge in [-0.05, 0) is 12.1 Å². The number of benzene rings is 1. The van der Waals surface area contributed by atoms with E-state index in [9.17, 15) is 9.59 Å². The molecule has 6 nitrogen and oxygen atoms in total. The maximum Gasteiger partial charge on any atom is 0.233 e. The topological polar surface area (TPSA) is 78.7 Å². The minimum atomic E-state index is -0.225. The molecule has 0 atom stereocenters. The Morgan fingerprint density at radius 2 is 1.76 bits per heavy atom. The predicted octanol–water partition coefficient (Wildman–Crippen LogP) is -0.200. The van der Waals surface area contributed by atoms with Gasteiger partial charge in [-0.2, -0.15) is 0 Å². The molecule has 1 aromatic rings. The summed E-state index contributed by atoms with van der Waals surface area (Å²) in [6, 6.07) is 10.2. The molecule has 1 heterocycles. The monoisotopic (exact) mass is 290 g/mol. The first kappa shape index (κ1) is 15.3. The molecule has 21 heavy (non-hydrogen) atoms. The first-order valence-corrected chi connectivity index (χ1v) is 7.25. The summed E-state index contributed by atoms with van der Waals surface area (Å²) in [4.78, 5) is 27.2. The zero-order valence-corrected chi connectivity index (χ0v) is 12.1. The highest BCUT2D eigenvalue weighted by atomic mass is 16.2. The van der Waals surface area contributed by atoms with Crippen LogP contribution in [0.2, 0.25) is 0 Å². The zero-order valence-electron chi connectivity index (χ0n) is 12.1. The molecule has 2 amide bonds. The number of nitrogens with one attached hydrogen (secondary N) is 1. The summed E-state index contributed by atoms with van der Waals surface area (Å²) < 4.78 is 0. The number of nitrogens with zero attached hydrogens (tertiary/aromatic N) is 2. The molecular formula is C15H22N4O2. The zero-order chi connectivity index (χ0) is 15.1. The highest BCUT2D eigenvalue weighted by Crippen LogP contribution is 2.15. The lowest BCUT2D eigenvalue weighted by molar-refractivity contribution is -0.131. The quantitative estimate of drug-likeness (QED) is 0.787. The summed E-state index contributed by atoms with van der Waals surface area (Å²) in [5, 5.41) is 2.62. The third-order valence-corrected chi connectivity index (χ3v) is 3.60. The Morgan fingerprint density at radius 3 is 2.38 bits per heavy atom. The third kappa shape index (κ3) is 4.46. The van der Waals surface area contributed by atoms with Crippen molar-refractivity contribution in [2.45, 2.75) is 6.42 Å². The van der Waals surface area contributed by atoms with E-state index in [0.29, 0.717) is 13.0 Å². The average molecular weight is 290 g/mol. The number of carbonyl (C=O) groups is 2. The molecule has 0 aromatic heterocycles. The number of para-hydroxylation sites is 1. The maximum absolute atomic E-state index is 12.0. The van der Waals surface area contributed by atoms with Crippen molar-refractivity contribution in [2.24, 2.45) is 5.73 Å². The van der Waals surface area contributed by atoms with Crippen LogP contribution in [0.5, 0.6) is 0 Å². The van der Waals surface area contributed by atoms with E-state index in [1.807, 2.05) is 23.1 Å². The molecule has 0 saturated carbocycles. The second-order valence-corrected chi connectivity index (χ2v) is 5.01. The van der Waals surface area contributed by atoms with Crippen molar-refractivity contribution in [3.63, 3.8) is 0 Å². The van der Waals surface area contributed by atoms with E-state index in [4.69, 9.17) is 5.73 Å². The molecule has 1 fully saturated rings. The highest BCUT2D eigenvalue weighted by Gasteiger charge is 2.20. The fourth-order valence-corrected chi connectivity index (χ4v) is 2.39. The molecule has 0 radical (unpaired) electrons. The number of piperazine rings is 1. The number of amides is 2. The largest absolute Gasteiger partial charge is 0.368 e. The lowest BCUT2D eigenvalue weighted by atomic mass is 10.2. The highest BCUT2D eigenvalue weighted by molar-refractivity contribution is 5.80. The third-order valence-electron chi connectivity index (χ3n) is 3.60. The Morgan fingerprint density at radius 1 is 1.10 bits per heavy atom. The van der Waals surface area contributed by atoms with Crippen LogP contribution in [0.25, 0.3) is 0 Å². The average Bonchev–Trinajstić information content (AvgIpc) is 2.55. The van der Waals surface area contributed by atoms with E-state index in [1.54, 1.807) is 0 Å². The van der Waals surface area contributed by atoms with Gasteiger partial charge in [0.15, 0.2) is 0 Å². The van der Waals surface area contributed by atoms with Crippen molar-refractivity contribution in [3.8, 4) is 0 Å². The molecule has 1 aromatic carbocycles. The van der Waals surface area contributed by atoms with E-state index in [0.717, 1.165) is 26.2 Å². The van der Waals surface area contributed by atoms with Gasteiger partial charge < -0.3 is 20.9 Å². The second-order valence-electron chi connectivity index (χ2n) is 5.01. The van der Waals surface area contributed by atoms with Gasteiger partial charge in [0.2, 0.25) is 11.8 Å². The summed E-state index contributed by atoms with van der Waals surface area (Å²) in [6.07, 6.45) is 0.330. The second kappa shape index (κ2) is 7.64. The lowest BCUT2D eigenvalue weighted by Crippen LogP contribution is -2.49. The van der Waals surface area contributed by atoms with Crippen molar-refractivity contribution in [1.82, 2.24) is 10.2 Å². The Bertz CT molecular complexity index is 470. The molecule has 1 saturated heterocycles. The minimum absolute atomic E-state index is 0.0378. The van der Waals surface area contributed by atoms with Crippen LogP contribution >= 0.6 is 0 Å². The van der Waals surface area contributed by atoms with Gasteiger partial charge in [0, 0.05) is 44.8 Å². The van der Waals surface area contributed by atoms with Crippen LogP contribution in [0.15, 0.2) is 30.3 Å². The number of hydrogen-bond donors (Lipinski definition) is 2. The van der Waals surface area contributed by atoms with Gasteiger partial charge in [-0.3, -0.25) is 9.59 Å². The summed E-state index contributed by atoms with van der Waals surface area (Å²) in [5.41, 5.74) is 6.38. The summed E-state index contributed by atoms with van der Waals surface area (Å²) >= 11 is 0. The fourth-order valence-electron chi connectivity index (χ4n) is 2.39. The van der Waals surface area contributed by atoms with Crippen molar-refractivity contribution < 1.29 is 9.59 Å². The molecule has 0 unspecified atom stereocenters.